The second kappa shape index (κ2) is 8.31. The van der Waals surface area contributed by atoms with Gasteiger partial charge in [-0.25, -0.2) is 8.78 Å². The Labute approximate surface area is 187 Å². The minimum Gasteiger partial charge on any atom is -0.497 e. The van der Waals surface area contributed by atoms with Gasteiger partial charge in [-0.05, 0) is 60.7 Å². The summed E-state index contributed by atoms with van der Waals surface area (Å²) >= 11 is 0. The lowest BCUT2D eigenvalue weighted by molar-refractivity contribution is -0.116. The highest BCUT2D eigenvalue weighted by atomic mass is 19.1. The van der Waals surface area contributed by atoms with Crippen LogP contribution in [-0.2, 0) is 11.3 Å². The number of halogens is 2. The van der Waals surface area contributed by atoms with Crippen LogP contribution in [0.1, 0.15) is 0 Å². The van der Waals surface area contributed by atoms with Gasteiger partial charge in [0.1, 0.15) is 29.6 Å². The predicted molar refractivity (Wildman–Crippen MR) is 122 cm³/mol. The van der Waals surface area contributed by atoms with E-state index in [1.807, 2.05) is 12.1 Å². The average Bonchev–Trinajstić information content (AvgIpc) is 3.17. The number of hydrogen-bond acceptors (Lipinski definition) is 4. The molecular formula is C25H18F2N4O2. The van der Waals surface area contributed by atoms with E-state index in [1.54, 1.807) is 42.3 Å². The van der Waals surface area contributed by atoms with E-state index in [0.717, 1.165) is 5.39 Å². The van der Waals surface area contributed by atoms with E-state index in [4.69, 9.17) is 4.74 Å². The largest absolute Gasteiger partial charge is 0.497 e. The number of nitrogens with one attached hydrogen (secondary N) is 1. The van der Waals surface area contributed by atoms with Gasteiger partial charge in [0, 0.05) is 28.2 Å². The topological polar surface area (TPSA) is 69.0 Å². The molecule has 0 atom stereocenters. The van der Waals surface area contributed by atoms with Gasteiger partial charge in [0.25, 0.3) is 0 Å². The van der Waals surface area contributed by atoms with Gasteiger partial charge in [-0.3, -0.25) is 14.5 Å². The highest BCUT2D eigenvalue weighted by molar-refractivity contribution is 6.09. The Morgan fingerprint density at radius 3 is 2.58 bits per heavy atom. The number of methoxy groups -OCH3 is 1. The van der Waals surface area contributed by atoms with Crippen molar-refractivity contribution in [1.82, 2.24) is 14.8 Å². The summed E-state index contributed by atoms with van der Waals surface area (Å²) in [6.07, 6.45) is 1.69. The molecule has 8 heteroatoms. The van der Waals surface area contributed by atoms with Crippen LogP contribution in [0, 0.1) is 11.6 Å². The first-order chi connectivity index (χ1) is 16.0. The molecule has 1 N–H and O–H groups in total. The second-order valence-electron chi connectivity index (χ2n) is 7.48. The standard InChI is InChI=1S/C25H18F2N4O2/c1-33-19-9-10-22-20(12-19)25-21(13-28-22)24(15-5-7-16(26)8-6-15)30-31(25)14-23(32)29-18-4-2-3-17(27)11-18/h2-13H,14H2,1H3,(H,29,32). The molecule has 0 saturated heterocycles. The van der Waals surface area contributed by atoms with Crippen molar-refractivity contribution in [2.75, 3.05) is 12.4 Å². The molecule has 0 aliphatic carbocycles. The van der Waals surface area contributed by atoms with Crippen LogP contribution in [-0.4, -0.2) is 27.8 Å². The summed E-state index contributed by atoms with van der Waals surface area (Å²) in [7, 11) is 1.57. The number of anilines is 1. The summed E-state index contributed by atoms with van der Waals surface area (Å²) in [6, 6.07) is 17.1. The molecule has 0 aliphatic heterocycles. The Balaban J connectivity index is 1.64. The van der Waals surface area contributed by atoms with E-state index < -0.39 is 5.82 Å². The van der Waals surface area contributed by atoms with E-state index in [2.05, 4.69) is 15.4 Å². The van der Waals surface area contributed by atoms with Crippen molar-refractivity contribution >= 4 is 33.4 Å². The molecule has 0 aliphatic rings. The molecule has 0 spiro atoms. The van der Waals surface area contributed by atoms with Crippen LogP contribution in [0.3, 0.4) is 0 Å². The van der Waals surface area contributed by atoms with Gasteiger partial charge in [-0.1, -0.05) is 6.07 Å². The number of hydrogen-bond donors (Lipinski definition) is 1. The first-order valence-corrected chi connectivity index (χ1v) is 10.2. The number of fused-ring (bicyclic) bond motifs is 3. The third kappa shape index (κ3) is 3.98. The monoisotopic (exact) mass is 444 g/mol. The molecule has 164 valence electrons. The van der Waals surface area contributed by atoms with Crippen LogP contribution in [0.4, 0.5) is 14.5 Å². The van der Waals surface area contributed by atoms with E-state index in [9.17, 15) is 13.6 Å². The normalized spacial score (nSPS) is 11.1. The number of carbonyl (C=O) groups excluding carboxylic acids is 1. The van der Waals surface area contributed by atoms with E-state index in [1.165, 1.54) is 30.3 Å². The molecule has 0 saturated carbocycles. The first-order valence-electron chi connectivity index (χ1n) is 10.2. The van der Waals surface area contributed by atoms with E-state index >= 15 is 0 Å². The summed E-state index contributed by atoms with van der Waals surface area (Å²) in [5.74, 6) is -0.536. The molecule has 0 fully saturated rings. The fourth-order valence-electron chi connectivity index (χ4n) is 3.80. The van der Waals surface area contributed by atoms with Gasteiger partial charge in [0.2, 0.25) is 5.91 Å². The number of rotatable bonds is 5. The molecule has 6 nitrogen and oxygen atoms in total. The molecule has 5 rings (SSSR count). The third-order valence-electron chi connectivity index (χ3n) is 5.30. The van der Waals surface area contributed by atoms with Crippen LogP contribution in [0.5, 0.6) is 5.75 Å². The zero-order valence-corrected chi connectivity index (χ0v) is 17.5. The molecule has 1 amide bonds. The van der Waals surface area contributed by atoms with Gasteiger partial charge in [0.15, 0.2) is 0 Å². The maximum absolute atomic E-state index is 13.5. The van der Waals surface area contributed by atoms with Crippen molar-refractivity contribution in [3.63, 3.8) is 0 Å². The summed E-state index contributed by atoms with van der Waals surface area (Å²) in [4.78, 5) is 17.3. The van der Waals surface area contributed by atoms with Gasteiger partial charge < -0.3 is 10.1 Å². The molecular weight excluding hydrogens is 426 g/mol. The van der Waals surface area contributed by atoms with Crippen molar-refractivity contribution in [3.8, 4) is 17.0 Å². The van der Waals surface area contributed by atoms with Gasteiger partial charge in [-0.15, -0.1) is 0 Å². The number of aromatic nitrogens is 3. The molecule has 0 bridgehead atoms. The Morgan fingerprint density at radius 2 is 1.82 bits per heavy atom. The lowest BCUT2D eigenvalue weighted by Gasteiger charge is -2.08. The van der Waals surface area contributed by atoms with Crippen molar-refractivity contribution in [2.45, 2.75) is 6.54 Å². The van der Waals surface area contributed by atoms with Crippen LogP contribution >= 0.6 is 0 Å². The molecule has 3 aromatic carbocycles. The second-order valence-corrected chi connectivity index (χ2v) is 7.48. The SMILES string of the molecule is COc1ccc2ncc3c(-c4ccc(F)cc4)nn(CC(=O)Nc4cccc(F)c4)c3c2c1. The molecule has 2 heterocycles. The van der Waals surface area contributed by atoms with Crippen LogP contribution < -0.4 is 10.1 Å². The van der Waals surface area contributed by atoms with Gasteiger partial charge in [0.05, 0.1) is 18.1 Å². The lowest BCUT2D eigenvalue weighted by Crippen LogP contribution is -2.19. The predicted octanol–water partition coefficient (Wildman–Crippen LogP) is 5.18. The van der Waals surface area contributed by atoms with Gasteiger partial charge in [-0.2, -0.15) is 5.10 Å². The Kier molecular flexibility index (Phi) is 5.18. The summed E-state index contributed by atoms with van der Waals surface area (Å²) in [5, 5.41) is 8.83. The minimum absolute atomic E-state index is 0.121. The van der Waals surface area contributed by atoms with Crippen molar-refractivity contribution < 1.29 is 18.3 Å². The number of ether oxygens (including phenoxy) is 1. The van der Waals surface area contributed by atoms with Crippen molar-refractivity contribution in [1.29, 1.82) is 0 Å². The minimum atomic E-state index is -0.444. The molecule has 5 aromatic rings. The zero-order chi connectivity index (χ0) is 22.9. The summed E-state index contributed by atoms with van der Waals surface area (Å²) < 4.78 is 33.9. The quantitative estimate of drug-likeness (QED) is 0.406. The number of nitrogens with zero attached hydrogens (tertiary/aromatic N) is 3. The average molecular weight is 444 g/mol. The molecule has 33 heavy (non-hydrogen) atoms. The first kappa shape index (κ1) is 20.6. The van der Waals surface area contributed by atoms with Crippen LogP contribution in [0.2, 0.25) is 0 Å². The number of amides is 1. The Morgan fingerprint density at radius 1 is 1.00 bits per heavy atom. The molecule has 0 unspecified atom stereocenters. The van der Waals surface area contributed by atoms with Crippen LogP contribution in [0.25, 0.3) is 33.1 Å². The van der Waals surface area contributed by atoms with E-state index in [-0.39, 0.29) is 18.3 Å². The van der Waals surface area contributed by atoms with Gasteiger partial charge >= 0.3 is 0 Å². The Bertz CT molecular complexity index is 1500. The zero-order valence-electron chi connectivity index (χ0n) is 17.5. The molecule has 2 aromatic heterocycles. The highest BCUT2D eigenvalue weighted by Gasteiger charge is 2.18. The maximum atomic E-state index is 13.5. The third-order valence-corrected chi connectivity index (χ3v) is 5.30. The smallest absolute Gasteiger partial charge is 0.246 e. The lowest BCUT2D eigenvalue weighted by atomic mass is 10.1. The fraction of sp³-hybridized carbons (Fsp3) is 0.0800. The number of benzene rings is 3. The molecule has 0 radical (unpaired) electrons. The highest BCUT2D eigenvalue weighted by Crippen LogP contribution is 2.33. The summed E-state index contributed by atoms with van der Waals surface area (Å²) in [5.41, 5.74) is 3.01. The van der Waals surface area contributed by atoms with Crippen LogP contribution in [0.15, 0.2) is 72.9 Å². The van der Waals surface area contributed by atoms with E-state index in [0.29, 0.717) is 39.1 Å². The number of pyridine rings is 1. The van der Waals surface area contributed by atoms with Crippen molar-refractivity contribution in [2.24, 2.45) is 0 Å². The van der Waals surface area contributed by atoms with Crippen molar-refractivity contribution in [3.05, 3.63) is 84.6 Å². The fourth-order valence-corrected chi connectivity index (χ4v) is 3.80. The summed E-state index contributed by atoms with van der Waals surface area (Å²) in [6.45, 7) is -0.121. The Hall–Kier alpha value is -4.33. The number of carbonyl (C=O) groups is 1. The maximum Gasteiger partial charge on any atom is 0.246 e.